The number of rotatable bonds is 4. The second-order valence-corrected chi connectivity index (χ2v) is 6.51. The van der Waals surface area contributed by atoms with Crippen molar-refractivity contribution in [3.63, 3.8) is 0 Å². The molecule has 0 fully saturated rings. The maximum atomic E-state index is 14.5. The van der Waals surface area contributed by atoms with Gasteiger partial charge in [-0.05, 0) is 53.3 Å². The molecule has 0 aliphatic carbocycles. The van der Waals surface area contributed by atoms with E-state index in [1.807, 2.05) is 30.3 Å². The largest absolute Gasteiger partial charge is 0.206 e. The van der Waals surface area contributed by atoms with E-state index < -0.39 is 11.6 Å². The van der Waals surface area contributed by atoms with Crippen molar-refractivity contribution in [1.82, 2.24) is 0 Å². The minimum atomic E-state index is -0.530. The SMILES string of the molecule is CC(Cc1cc(F)c(-c2ccc(S)cc2)c(F)c1)c1ccccc1. The molecular weight excluding hydrogens is 322 g/mol. The van der Waals surface area contributed by atoms with Crippen LogP contribution in [0.4, 0.5) is 8.78 Å². The lowest BCUT2D eigenvalue weighted by molar-refractivity contribution is 0.583. The van der Waals surface area contributed by atoms with Gasteiger partial charge in [-0.2, -0.15) is 0 Å². The van der Waals surface area contributed by atoms with Gasteiger partial charge in [0.2, 0.25) is 0 Å². The average Bonchev–Trinajstić information content (AvgIpc) is 2.57. The fraction of sp³-hybridized carbons (Fsp3) is 0.143. The molecule has 0 amide bonds. The van der Waals surface area contributed by atoms with E-state index in [1.54, 1.807) is 24.3 Å². The quantitative estimate of drug-likeness (QED) is 0.532. The zero-order valence-electron chi connectivity index (χ0n) is 13.3. The van der Waals surface area contributed by atoms with Gasteiger partial charge in [0, 0.05) is 4.90 Å². The Hall–Kier alpha value is -2.13. The normalized spacial score (nSPS) is 12.2. The van der Waals surface area contributed by atoms with Crippen LogP contribution >= 0.6 is 12.6 Å². The van der Waals surface area contributed by atoms with Crippen LogP contribution in [0.1, 0.15) is 24.0 Å². The van der Waals surface area contributed by atoms with Gasteiger partial charge in [-0.15, -0.1) is 12.6 Å². The van der Waals surface area contributed by atoms with E-state index in [1.165, 1.54) is 12.1 Å². The lowest BCUT2D eigenvalue weighted by atomic mass is 9.92. The first kappa shape index (κ1) is 16.7. The van der Waals surface area contributed by atoms with Crippen molar-refractivity contribution < 1.29 is 8.78 Å². The third-order valence-electron chi connectivity index (χ3n) is 4.17. The highest BCUT2D eigenvalue weighted by Crippen LogP contribution is 2.30. The van der Waals surface area contributed by atoms with Crippen LogP contribution in [0.15, 0.2) is 71.6 Å². The van der Waals surface area contributed by atoms with Gasteiger partial charge in [0.15, 0.2) is 0 Å². The molecule has 0 spiro atoms. The van der Waals surface area contributed by atoms with Crippen LogP contribution < -0.4 is 0 Å². The summed E-state index contributed by atoms with van der Waals surface area (Å²) in [4.78, 5) is 0.757. The third kappa shape index (κ3) is 3.68. The van der Waals surface area contributed by atoms with E-state index in [0.29, 0.717) is 17.5 Å². The maximum absolute atomic E-state index is 14.5. The van der Waals surface area contributed by atoms with Crippen LogP contribution in [0.2, 0.25) is 0 Å². The fourth-order valence-corrected chi connectivity index (χ4v) is 3.05. The summed E-state index contributed by atoms with van der Waals surface area (Å²) >= 11 is 4.20. The first-order valence-corrected chi connectivity index (χ1v) is 8.31. The van der Waals surface area contributed by atoms with Crippen LogP contribution in [0.25, 0.3) is 11.1 Å². The highest BCUT2D eigenvalue weighted by atomic mass is 32.1. The minimum absolute atomic E-state index is 0.0134. The molecule has 0 aromatic heterocycles. The van der Waals surface area contributed by atoms with E-state index in [4.69, 9.17) is 0 Å². The average molecular weight is 340 g/mol. The topological polar surface area (TPSA) is 0 Å². The molecule has 24 heavy (non-hydrogen) atoms. The zero-order chi connectivity index (χ0) is 17.1. The predicted molar refractivity (Wildman–Crippen MR) is 97.6 cm³/mol. The summed E-state index contributed by atoms with van der Waals surface area (Å²) in [5.41, 5.74) is 2.35. The Morgan fingerprint density at radius 1 is 0.875 bits per heavy atom. The number of hydrogen-bond acceptors (Lipinski definition) is 1. The summed E-state index contributed by atoms with van der Waals surface area (Å²) < 4.78 is 29.0. The Morgan fingerprint density at radius 3 is 2.04 bits per heavy atom. The van der Waals surface area contributed by atoms with Gasteiger partial charge in [-0.1, -0.05) is 49.4 Å². The predicted octanol–water partition coefficient (Wildman–Crippen LogP) is 6.27. The molecule has 1 atom stereocenters. The smallest absolute Gasteiger partial charge is 0.134 e. The summed E-state index contributed by atoms with van der Waals surface area (Å²) in [7, 11) is 0. The molecule has 0 aliphatic heterocycles. The first-order valence-electron chi connectivity index (χ1n) is 7.87. The fourth-order valence-electron chi connectivity index (χ4n) is 2.90. The van der Waals surface area contributed by atoms with Crippen LogP contribution in [0.5, 0.6) is 0 Å². The van der Waals surface area contributed by atoms with Crippen LogP contribution in [-0.4, -0.2) is 0 Å². The number of thiol groups is 1. The molecule has 0 nitrogen and oxygen atoms in total. The zero-order valence-corrected chi connectivity index (χ0v) is 14.2. The van der Waals surface area contributed by atoms with Gasteiger partial charge in [-0.3, -0.25) is 0 Å². The standard InChI is InChI=1S/C21H18F2S/c1-14(16-5-3-2-4-6-16)11-15-12-19(22)21(20(23)13-15)17-7-9-18(24)10-8-17/h2-10,12-14,24H,11H2,1H3. The van der Waals surface area contributed by atoms with Crippen molar-refractivity contribution in [3.8, 4) is 11.1 Å². The molecule has 0 N–H and O–H groups in total. The van der Waals surface area contributed by atoms with Gasteiger partial charge in [-0.25, -0.2) is 8.78 Å². The molecule has 122 valence electrons. The van der Waals surface area contributed by atoms with Crippen LogP contribution in [0, 0.1) is 11.6 Å². The summed E-state index contributed by atoms with van der Waals surface area (Å²) in [5, 5.41) is 0. The summed E-state index contributed by atoms with van der Waals surface area (Å²) in [6, 6.07) is 19.6. The van der Waals surface area contributed by atoms with Crippen molar-refractivity contribution in [3.05, 3.63) is 89.5 Å². The van der Waals surface area contributed by atoms with Gasteiger partial charge >= 0.3 is 0 Å². The summed E-state index contributed by atoms with van der Waals surface area (Å²) in [6.07, 6.45) is 0.591. The molecule has 0 radical (unpaired) electrons. The molecule has 3 aromatic rings. The van der Waals surface area contributed by atoms with Crippen LogP contribution in [0.3, 0.4) is 0 Å². The Balaban J connectivity index is 1.88. The summed E-state index contributed by atoms with van der Waals surface area (Å²) in [5.74, 6) is -0.867. The van der Waals surface area contributed by atoms with Crippen molar-refractivity contribution in [2.24, 2.45) is 0 Å². The Bertz CT molecular complexity index is 803. The molecular formula is C21H18F2S. The molecule has 0 saturated carbocycles. The van der Waals surface area contributed by atoms with Crippen molar-refractivity contribution in [1.29, 1.82) is 0 Å². The lowest BCUT2D eigenvalue weighted by Gasteiger charge is -2.14. The van der Waals surface area contributed by atoms with Crippen molar-refractivity contribution in [2.75, 3.05) is 0 Å². The van der Waals surface area contributed by atoms with E-state index in [-0.39, 0.29) is 11.5 Å². The second kappa shape index (κ2) is 7.18. The Labute approximate surface area is 146 Å². The highest BCUT2D eigenvalue weighted by Gasteiger charge is 2.15. The van der Waals surface area contributed by atoms with Gasteiger partial charge in [0.25, 0.3) is 0 Å². The molecule has 0 saturated heterocycles. The number of benzene rings is 3. The van der Waals surface area contributed by atoms with Crippen LogP contribution in [-0.2, 0) is 6.42 Å². The molecule has 3 aromatic carbocycles. The van der Waals surface area contributed by atoms with Crippen molar-refractivity contribution in [2.45, 2.75) is 24.2 Å². The molecule has 0 heterocycles. The second-order valence-electron chi connectivity index (χ2n) is 6.00. The monoisotopic (exact) mass is 340 g/mol. The van der Waals surface area contributed by atoms with Crippen molar-refractivity contribution >= 4 is 12.6 Å². The molecule has 0 bridgehead atoms. The maximum Gasteiger partial charge on any atom is 0.134 e. The van der Waals surface area contributed by atoms with E-state index in [2.05, 4.69) is 19.6 Å². The third-order valence-corrected chi connectivity index (χ3v) is 4.47. The number of hydrogen-bond donors (Lipinski definition) is 1. The first-order chi connectivity index (χ1) is 11.5. The molecule has 3 heteroatoms. The Morgan fingerprint density at radius 2 is 1.46 bits per heavy atom. The molecule has 3 rings (SSSR count). The van der Waals surface area contributed by atoms with Gasteiger partial charge < -0.3 is 0 Å². The lowest BCUT2D eigenvalue weighted by Crippen LogP contribution is -2.01. The summed E-state index contributed by atoms with van der Waals surface area (Å²) in [6.45, 7) is 2.06. The minimum Gasteiger partial charge on any atom is -0.206 e. The van der Waals surface area contributed by atoms with Gasteiger partial charge in [0.05, 0.1) is 5.56 Å². The number of halogens is 2. The highest BCUT2D eigenvalue weighted by molar-refractivity contribution is 7.80. The van der Waals surface area contributed by atoms with E-state index in [0.717, 1.165) is 10.5 Å². The van der Waals surface area contributed by atoms with E-state index >= 15 is 0 Å². The molecule has 1 unspecified atom stereocenters. The molecule has 0 aliphatic rings. The Kier molecular flexibility index (Phi) is 5.00. The van der Waals surface area contributed by atoms with Gasteiger partial charge in [0.1, 0.15) is 11.6 Å². The van der Waals surface area contributed by atoms with E-state index in [9.17, 15) is 8.78 Å².